The summed E-state index contributed by atoms with van der Waals surface area (Å²) >= 11 is 0. The second-order valence-electron chi connectivity index (χ2n) is 21.2. The predicted molar refractivity (Wildman–Crippen MR) is 215 cm³/mol. The zero-order valence-corrected chi connectivity index (χ0v) is 35.8. The SMILES string of the molecule is C=C(C)[C@@H]1CC[C@]2(COC(=O)C(CC)[NH+]3CCNCC3)CC[C@]3(C)C(CCC4[C@@]5(C)CC[C@H](OC(=O)C(CC)[NH+]6CCNCC6)C(C)(C)C5CC[C@]43C)C12. The molecule has 12 atom stereocenters. The quantitative estimate of drug-likeness (QED) is 0.193. The lowest BCUT2D eigenvalue weighted by atomic mass is 9.32. The van der Waals surface area contributed by atoms with Crippen molar-refractivity contribution in [2.24, 2.45) is 56.7 Å². The van der Waals surface area contributed by atoms with Crippen LogP contribution in [0.1, 0.15) is 132 Å². The van der Waals surface area contributed by atoms with Crippen LogP contribution in [-0.2, 0) is 19.1 Å². The molecule has 7 rings (SSSR count). The van der Waals surface area contributed by atoms with Crippen molar-refractivity contribution in [3.8, 4) is 0 Å². The number of piperazine rings is 2. The van der Waals surface area contributed by atoms with Gasteiger partial charge in [-0.05, 0) is 117 Å². The lowest BCUT2D eigenvalue weighted by Gasteiger charge is -2.73. The van der Waals surface area contributed by atoms with E-state index in [2.05, 4.69) is 72.6 Å². The van der Waals surface area contributed by atoms with E-state index in [0.717, 1.165) is 84.5 Å². The normalized spacial score (nSPS) is 43.4. The van der Waals surface area contributed by atoms with Crippen LogP contribution in [0.3, 0.4) is 0 Å². The second kappa shape index (κ2) is 15.4. The zero-order valence-electron chi connectivity index (χ0n) is 35.8. The molecule has 0 aromatic heterocycles. The third kappa shape index (κ3) is 6.55. The fourth-order valence-corrected chi connectivity index (χ4v) is 15.7. The van der Waals surface area contributed by atoms with Gasteiger partial charge in [0.25, 0.3) is 0 Å². The fourth-order valence-electron chi connectivity index (χ4n) is 15.7. The van der Waals surface area contributed by atoms with Crippen molar-refractivity contribution < 1.29 is 28.9 Å². The van der Waals surface area contributed by atoms with Crippen molar-refractivity contribution in [2.45, 2.75) is 151 Å². The standard InChI is InChI=1S/C46H78N4O4/c1-10-34(49-26-22-47-23-27-49)40(51)53-30-46-19-14-32(31(3)4)39(46)33-12-13-37-43(7)17-16-38(54-41(52)35(11-2)50-28-24-48-25-29-50)42(5,6)36(43)15-18-45(37,9)44(33,8)20-21-46/h32-39,47-48H,3,10-30H2,1-2,4-9H3/p+2/t32-,33?,34?,35?,36?,37?,38-,39?,43-,44+,45+,46+/m0/s1. The minimum atomic E-state index is -0.0527. The molecule has 8 nitrogen and oxygen atoms in total. The van der Waals surface area contributed by atoms with Gasteiger partial charge in [0.1, 0.15) is 6.10 Å². The van der Waals surface area contributed by atoms with Crippen LogP contribution in [0.2, 0.25) is 0 Å². The maximum atomic E-state index is 13.8. The van der Waals surface area contributed by atoms with Gasteiger partial charge in [0, 0.05) is 49.9 Å². The molecular weight excluding hydrogens is 673 g/mol. The summed E-state index contributed by atoms with van der Waals surface area (Å²) in [7, 11) is 0. The van der Waals surface area contributed by atoms with Crippen LogP contribution in [0, 0.1) is 56.7 Å². The Labute approximate surface area is 329 Å². The van der Waals surface area contributed by atoms with E-state index in [1.807, 2.05) is 0 Å². The molecule has 2 heterocycles. The predicted octanol–water partition coefficient (Wildman–Crippen LogP) is 4.63. The Kier molecular flexibility index (Phi) is 11.6. The van der Waals surface area contributed by atoms with E-state index in [1.54, 1.807) is 0 Å². The van der Waals surface area contributed by atoms with Crippen molar-refractivity contribution >= 4 is 11.9 Å². The number of carbonyl (C=O) groups is 2. The van der Waals surface area contributed by atoms with Gasteiger partial charge in [-0.1, -0.05) is 60.6 Å². The van der Waals surface area contributed by atoms with Gasteiger partial charge >= 0.3 is 11.9 Å². The van der Waals surface area contributed by atoms with Crippen LogP contribution >= 0.6 is 0 Å². The number of nitrogens with one attached hydrogen (secondary N) is 4. The number of hydrogen-bond donors (Lipinski definition) is 4. The molecule has 0 aromatic rings. The molecule has 0 spiro atoms. The molecule has 2 saturated heterocycles. The molecule has 5 aliphatic carbocycles. The van der Waals surface area contributed by atoms with E-state index in [0.29, 0.717) is 36.2 Å². The molecule has 7 aliphatic rings. The molecule has 54 heavy (non-hydrogen) atoms. The van der Waals surface area contributed by atoms with E-state index in [9.17, 15) is 9.59 Å². The van der Waals surface area contributed by atoms with Gasteiger partial charge in [0.05, 0.1) is 32.8 Å². The Bertz CT molecular complexity index is 1390. The summed E-state index contributed by atoms with van der Waals surface area (Å²) in [6.45, 7) is 32.7. The zero-order chi connectivity index (χ0) is 38.7. The van der Waals surface area contributed by atoms with Crippen molar-refractivity contribution in [3.63, 3.8) is 0 Å². The van der Waals surface area contributed by atoms with Crippen molar-refractivity contribution in [2.75, 3.05) is 59.0 Å². The van der Waals surface area contributed by atoms with E-state index >= 15 is 0 Å². The first-order valence-electron chi connectivity index (χ1n) is 22.8. The number of allylic oxidation sites excluding steroid dienone is 1. The summed E-state index contributed by atoms with van der Waals surface area (Å²) in [6, 6.07) is -0.105. The highest BCUT2D eigenvalue weighted by atomic mass is 16.5. The summed E-state index contributed by atoms with van der Waals surface area (Å²) < 4.78 is 13.2. The molecule has 6 unspecified atom stereocenters. The van der Waals surface area contributed by atoms with Crippen LogP contribution in [0.25, 0.3) is 0 Å². The van der Waals surface area contributed by atoms with Gasteiger partial charge in [-0.2, -0.15) is 0 Å². The van der Waals surface area contributed by atoms with E-state index in [1.165, 1.54) is 60.3 Å². The van der Waals surface area contributed by atoms with Crippen LogP contribution in [0.5, 0.6) is 0 Å². The van der Waals surface area contributed by atoms with Gasteiger partial charge in [0.15, 0.2) is 12.1 Å². The van der Waals surface area contributed by atoms with Crippen molar-refractivity contribution in [3.05, 3.63) is 12.2 Å². The minimum absolute atomic E-state index is 0.0102. The molecule has 5 saturated carbocycles. The Balaban J connectivity index is 1.09. The maximum Gasteiger partial charge on any atom is 0.365 e. The van der Waals surface area contributed by atoms with Crippen LogP contribution in [0.4, 0.5) is 0 Å². The number of carbonyl (C=O) groups excluding carboxylic acids is 2. The highest BCUT2D eigenvalue weighted by molar-refractivity contribution is 5.74. The molecule has 8 heteroatoms. The van der Waals surface area contributed by atoms with Crippen molar-refractivity contribution in [1.82, 2.24) is 10.6 Å². The topological polar surface area (TPSA) is 85.5 Å². The Morgan fingerprint density at radius 3 is 1.93 bits per heavy atom. The number of esters is 2. The minimum Gasteiger partial charge on any atom is -0.461 e. The highest BCUT2D eigenvalue weighted by Crippen LogP contribution is 2.77. The molecule has 306 valence electrons. The second-order valence-corrected chi connectivity index (χ2v) is 21.2. The molecule has 4 N–H and O–H groups in total. The number of rotatable bonds is 10. The number of quaternary nitrogens is 2. The third-order valence-corrected chi connectivity index (χ3v) is 18.8. The summed E-state index contributed by atoms with van der Waals surface area (Å²) in [4.78, 5) is 30.4. The first-order chi connectivity index (χ1) is 25.7. The molecule has 0 radical (unpaired) electrons. The molecule has 0 amide bonds. The molecule has 7 fully saturated rings. The molecule has 0 bridgehead atoms. The van der Waals surface area contributed by atoms with Crippen molar-refractivity contribution in [1.29, 1.82) is 0 Å². The average Bonchev–Trinajstić information content (AvgIpc) is 3.54. The van der Waals surface area contributed by atoms with Crippen LogP contribution in [0.15, 0.2) is 12.2 Å². The smallest absolute Gasteiger partial charge is 0.365 e. The Hall–Kier alpha value is -1.48. The third-order valence-electron chi connectivity index (χ3n) is 18.8. The van der Waals surface area contributed by atoms with Gasteiger partial charge in [-0.25, -0.2) is 9.59 Å². The monoisotopic (exact) mass is 753 g/mol. The van der Waals surface area contributed by atoms with E-state index in [-0.39, 0.29) is 57.2 Å². The lowest BCUT2D eigenvalue weighted by Crippen LogP contribution is -3.19. The van der Waals surface area contributed by atoms with Gasteiger partial charge in [-0.15, -0.1) is 0 Å². The van der Waals surface area contributed by atoms with Gasteiger partial charge < -0.3 is 29.9 Å². The summed E-state index contributed by atoms with van der Waals surface area (Å²) in [5, 5.41) is 6.91. The Morgan fingerprint density at radius 1 is 0.722 bits per heavy atom. The number of hydrogen-bond acceptors (Lipinski definition) is 6. The molecular formula is C46H80N4O4+2. The summed E-state index contributed by atoms with van der Waals surface area (Å²) in [6.07, 6.45) is 13.6. The van der Waals surface area contributed by atoms with Gasteiger partial charge in [0.2, 0.25) is 0 Å². The molecule has 0 aromatic carbocycles. The Morgan fingerprint density at radius 2 is 1.33 bits per heavy atom. The largest absolute Gasteiger partial charge is 0.461 e. The van der Waals surface area contributed by atoms with Gasteiger partial charge in [-0.3, -0.25) is 0 Å². The summed E-state index contributed by atoms with van der Waals surface area (Å²) in [5.41, 5.74) is 2.09. The van der Waals surface area contributed by atoms with E-state index < -0.39 is 0 Å². The number of ether oxygens (including phenoxy) is 2. The van der Waals surface area contributed by atoms with Crippen LogP contribution in [-0.4, -0.2) is 89.1 Å². The maximum absolute atomic E-state index is 13.8. The highest BCUT2D eigenvalue weighted by Gasteiger charge is 2.71. The lowest BCUT2D eigenvalue weighted by molar-refractivity contribution is -0.918. The number of fused-ring (bicyclic) bond motifs is 7. The molecule has 2 aliphatic heterocycles. The average molecular weight is 753 g/mol. The van der Waals surface area contributed by atoms with E-state index in [4.69, 9.17) is 9.47 Å². The first kappa shape index (κ1) is 40.7. The fraction of sp³-hybridized carbons (Fsp3) is 0.913. The van der Waals surface area contributed by atoms with Crippen LogP contribution < -0.4 is 20.4 Å². The summed E-state index contributed by atoms with van der Waals surface area (Å²) in [5.74, 6) is 2.96. The first-order valence-corrected chi connectivity index (χ1v) is 22.8.